The third-order valence-corrected chi connectivity index (χ3v) is 5.02. The number of hydrogen-bond donors (Lipinski definition) is 2. The summed E-state index contributed by atoms with van der Waals surface area (Å²) in [5, 5.41) is 7.68. The van der Waals surface area contributed by atoms with E-state index >= 15 is 0 Å². The number of rotatable bonds is 5. The maximum absolute atomic E-state index is 12.8. The van der Waals surface area contributed by atoms with E-state index in [-0.39, 0.29) is 5.82 Å². The van der Waals surface area contributed by atoms with E-state index < -0.39 is 0 Å². The van der Waals surface area contributed by atoms with E-state index in [0.717, 1.165) is 23.2 Å². The normalized spacial score (nSPS) is 15.8. The Hall–Kier alpha value is -0.810. The number of hydrogen-bond acceptors (Lipinski definition) is 2. The predicted octanol–water partition coefficient (Wildman–Crippen LogP) is 4.18. The second-order valence-electron chi connectivity index (χ2n) is 5.02. The summed E-state index contributed by atoms with van der Waals surface area (Å²) in [4.78, 5) is 0. The first-order valence-corrected chi connectivity index (χ1v) is 8.62. The summed E-state index contributed by atoms with van der Waals surface area (Å²) in [6.45, 7) is 0.869. The molecule has 5 heteroatoms. The van der Waals surface area contributed by atoms with Gasteiger partial charge < -0.3 is 10.6 Å². The summed E-state index contributed by atoms with van der Waals surface area (Å²) >= 11 is 7.26. The molecular formula is C15H21FN2S2. The van der Waals surface area contributed by atoms with Gasteiger partial charge in [0.2, 0.25) is 0 Å². The molecule has 0 saturated heterocycles. The van der Waals surface area contributed by atoms with Crippen molar-refractivity contribution in [2.24, 2.45) is 0 Å². The highest BCUT2D eigenvalue weighted by Gasteiger charge is 2.12. The van der Waals surface area contributed by atoms with E-state index in [2.05, 4.69) is 10.6 Å². The van der Waals surface area contributed by atoms with Crippen LogP contribution in [0.2, 0.25) is 0 Å². The van der Waals surface area contributed by atoms with Crippen molar-refractivity contribution < 1.29 is 4.39 Å². The summed E-state index contributed by atoms with van der Waals surface area (Å²) in [6.07, 6.45) is 6.90. The van der Waals surface area contributed by atoms with Crippen LogP contribution in [-0.4, -0.2) is 22.7 Å². The van der Waals surface area contributed by atoms with Crippen LogP contribution in [0, 0.1) is 5.82 Å². The van der Waals surface area contributed by atoms with Gasteiger partial charge in [0, 0.05) is 23.2 Å². The van der Waals surface area contributed by atoms with Crippen molar-refractivity contribution in [3.05, 3.63) is 30.1 Å². The number of benzene rings is 1. The largest absolute Gasteiger partial charge is 0.362 e. The second-order valence-corrected chi connectivity index (χ2v) is 6.84. The molecule has 0 radical (unpaired) electrons. The Balaban J connectivity index is 1.59. The van der Waals surface area contributed by atoms with Crippen molar-refractivity contribution in [2.75, 3.05) is 17.6 Å². The van der Waals surface area contributed by atoms with Gasteiger partial charge in [0.15, 0.2) is 5.11 Å². The number of halogens is 1. The van der Waals surface area contributed by atoms with Gasteiger partial charge in [-0.3, -0.25) is 0 Å². The van der Waals surface area contributed by atoms with Crippen molar-refractivity contribution in [1.82, 2.24) is 5.32 Å². The van der Waals surface area contributed by atoms with E-state index in [1.165, 1.54) is 44.2 Å². The molecule has 1 fully saturated rings. The molecule has 20 heavy (non-hydrogen) atoms. The van der Waals surface area contributed by atoms with Gasteiger partial charge in [0.25, 0.3) is 0 Å². The molecule has 0 spiro atoms. The highest BCUT2D eigenvalue weighted by atomic mass is 32.2. The lowest BCUT2D eigenvalue weighted by molar-refractivity contribution is 0.516. The van der Waals surface area contributed by atoms with Crippen LogP contribution in [0.15, 0.2) is 24.3 Å². The molecule has 0 atom stereocenters. The molecule has 110 valence electrons. The van der Waals surface area contributed by atoms with Gasteiger partial charge in [-0.2, -0.15) is 11.8 Å². The Morgan fingerprint density at radius 3 is 2.60 bits per heavy atom. The summed E-state index contributed by atoms with van der Waals surface area (Å²) in [5.74, 6) is 0.842. The maximum Gasteiger partial charge on any atom is 0.170 e. The molecule has 1 aromatic carbocycles. The average molecular weight is 312 g/mol. The highest BCUT2D eigenvalue weighted by Crippen LogP contribution is 2.27. The first-order valence-electron chi connectivity index (χ1n) is 7.16. The lowest BCUT2D eigenvalue weighted by Gasteiger charge is -2.21. The Labute approximate surface area is 129 Å². The number of thioether (sulfide) groups is 1. The number of thiocarbonyl (C=S) groups is 1. The molecule has 1 aliphatic carbocycles. The molecule has 1 aliphatic rings. The van der Waals surface area contributed by atoms with Crippen molar-refractivity contribution in [3.8, 4) is 0 Å². The zero-order chi connectivity index (χ0) is 14.2. The van der Waals surface area contributed by atoms with E-state index in [1.54, 1.807) is 12.1 Å². The fourth-order valence-corrected chi connectivity index (χ4v) is 3.77. The zero-order valence-corrected chi connectivity index (χ0v) is 13.2. The monoisotopic (exact) mass is 312 g/mol. The van der Waals surface area contributed by atoms with E-state index in [4.69, 9.17) is 12.2 Å². The van der Waals surface area contributed by atoms with E-state index in [9.17, 15) is 4.39 Å². The van der Waals surface area contributed by atoms with Crippen molar-refractivity contribution in [1.29, 1.82) is 0 Å². The van der Waals surface area contributed by atoms with Crippen LogP contribution in [0.3, 0.4) is 0 Å². The van der Waals surface area contributed by atoms with Gasteiger partial charge in [-0.1, -0.05) is 19.3 Å². The van der Waals surface area contributed by atoms with Gasteiger partial charge in [0.1, 0.15) is 5.82 Å². The molecule has 2 nitrogen and oxygen atoms in total. The molecule has 0 heterocycles. The molecule has 0 unspecified atom stereocenters. The predicted molar refractivity (Wildman–Crippen MR) is 90.0 cm³/mol. The molecule has 2 rings (SSSR count). The third kappa shape index (κ3) is 5.67. The topological polar surface area (TPSA) is 24.1 Å². The molecule has 1 saturated carbocycles. The Morgan fingerprint density at radius 1 is 1.20 bits per heavy atom. The zero-order valence-electron chi connectivity index (χ0n) is 11.5. The van der Waals surface area contributed by atoms with Gasteiger partial charge in [0.05, 0.1) is 0 Å². The molecule has 1 aromatic rings. The molecule has 0 amide bonds. The quantitative estimate of drug-likeness (QED) is 0.629. The van der Waals surface area contributed by atoms with Gasteiger partial charge in [-0.05, 0) is 49.3 Å². The SMILES string of the molecule is Fc1ccc(NC(=S)NCCSC2CCCCC2)cc1. The second kappa shape index (κ2) is 8.47. The summed E-state index contributed by atoms with van der Waals surface area (Å²) in [6, 6.07) is 6.20. The fraction of sp³-hybridized carbons (Fsp3) is 0.533. The average Bonchev–Trinajstić information content (AvgIpc) is 2.47. The van der Waals surface area contributed by atoms with Crippen molar-refractivity contribution in [2.45, 2.75) is 37.4 Å². The minimum Gasteiger partial charge on any atom is -0.362 e. The Kier molecular flexibility index (Phi) is 6.60. The minimum absolute atomic E-state index is 0.238. The molecule has 2 N–H and O–H groups in total. The van der Waals surface area contributed by atoms with Crippen LogP contribution < -0.4 is 10.6 Å². The molecular weight excluding hydrogens is 291 g/mol. The lowest BCUT2D eigenvalue weighted by atomic mass is 10.0. The van der Waals surface area contributed by atoms with Crippen LogP contribution in [-0.2, 0) is 0 Å². The number of anilines is 1. The van der Waals surface area contributed by atoms with Crippen LogP contribution in [0.1, 0.15) is 32.1 Å². The molecule has 0 aliphatic heterocycles. The van der Waals surface area contributed by atoms with Gasteiger partial charge in [-0.25, -0.2) is 4.39 Å². The third-order valence-electron chi connectivity index (χ3n) is 3.40. The Morgan fingerprint density at radius 2 is 1.90 bits per heavy atom. The summed E-state index contributed by atoms with van der Waals surface area (Å²) in [7, 11) is 0. The summed E-state index contributed by atoms with van der Waals surface area (Å²) < 4.78 is 12.8. The summed E-state index contributed by atoms with van der Waals surface area (Å²) in [5.41, 5.74) is 0.809. The molecule has 0 aromatic heterocycles. The van der Waals surface area contributed by atoms with Crippen LogP contribution in [0.4, 0.5) is 10.1 Å². The lowest BCUT2D eigenvalue weighted by Crippen LogP contribution is -2.30. The minimum atomic E-state index is -0.238. The van der Waals surface area contributed by atoms with Gasteiger partial charge in [-0.15, -0.1) is 0 Å². The fourth-order valence-electron chi connectivity index (χ4n) is 2.33. The van der Waals surface area contributed by atoms with Gasteiger partial charge >= 0.3 is 0 Å². The van der Waals surface area contributed by atoms with Crippen LogP contribution in [0.5, 0.6) is 0 Å². The standard InChI is InChI=1S/C15H21FN2S2/c16-12-6-8-13(9-7-12)18-15(19)17-10-11-20-14-4-2-1-3-5-14/h6-9,14H,1-5,10-11H2,(H2,17,18,19). The first kappa shape index (κ1) is 15.6. The van der Waals surface area contributed by atoms with Crippen molar-refractivity contribution >= 4 is 34.8 Å². The van der Waals surface area contributed by atoms with E-state index in [0.29, 0.717) is 5.11 Å². The maximum atomic E-state index is 12.8. The highest BCUT2D eigenvalue weighted by molar-refractivity contribution is 7.99. The smallest absolute Gasteiger partial charge is 0.170 e. The molecule has 0 bridgehead atoms. The Bertz CT molecular complexity index is 416. The van der Waals surface area contributed by atoms with Crippen LogP contribution in [0.25, 0.3) is 0 Å². The van der Waals surface area contributed by atoms with E-state index in [1.807, 2.05) is 11.8 Å². The number of nitrogens with one attached hydrogen (secondary N) is 2. The first-order chi connectivity index (χ1) is 9.74. The van der Waals surface area contributed by atoms with Crippen LogP contribution >= 0.6 is 24.0 Å². The van der Waals surface area contributed by atoms with Crippen molar-refractivity contribution in [3.63, 3.8) is 0 Å².